The largest absolute Gasteiger partial charge is 0.465 e. The average molecular weight is 357 g/mol. The number of rotatable bonds is 6. The van der Waals surface area contributed by atoms with E-state index < -0.39 is 0 Å². The second-order valence-electron chi connectivity index (χ2n) is 5.34. The van der Waals surface area contributed by atoms with Gasteiger partial charge < -0.3 is 15.4 Å². The smallest absolute Gasteiger partial charge is 0.337 e. The van der Waals surface area contributed by atoms with E-state index in [1.807, 2.05) is 36.4 Å². The minimum atomic E-state index is -0.355. The molecule has 3 rings (SSSR count). The third-order valence-electron chi connectivity index (χ3n) is 3.56. The minimum absolute atomic E-state index is 0.355. The number of nitrogens with zero attached hydrogens (tertiary/aromatic N) is 1. The van der Waals surface area contributed by atoms with Gasteiger partial charge in [0.25, 0.3) is 0 Å². The summed E-state index contributed by atoms with van der Waals surface area (Å²) in [6.45, 7) is 0.525. The lowest BCUT2D eigenvalue weighted by molar-refractivity contribution is 0.0600. The number of aromatic amines is 1. The fourth-order valence-electron chi connectivity index (χ4n) is 2.35. The molecule has 0 spiro atoms. The molecule has 0 fully saturated rings. The van der Waals surface area contributed by atoms with Gasteiger partial charge in [0, 0.05) is 17.3 Å². The summed E-state index contributed by atoms with van der Waals surface area (Å²) in [6.07, 6.45) is 1.69. The molecule has 0 atom stereocenters. The van der Waals surface area contributed by atoms with Crippen LogP contribution in [0, 0.1) is 0 Å². The first-order valence-electron chi connectivity index (χ1n) is 7.63. The first kappa shape index (κ1) is 16.9. The third kappa shape index (κ3) is 4.30. The highest BCUT2D eigenvalue weighted by Gasteiger charge is 2.08. The van der Waals surface area contributed by atoms with Crippen LogP contribution in [-0.2, 0) is 11.3 Å². The molecule has 2 aromatic carbocycles. The molecule has 3 N–H and O–H groups in total. The van der Waals surface area contributed by atoms with Crippen LogP contribution < -0.4 is 10.6 Å². The number of halogens is 1. The number of esters is 1. The lowest BCUT2D eigenvalue weighted by Crippen LogP contribution is -2.05. The van der Waals surface area contributed by atoms with Crippen LogP contribution in [0.5, 0.6) is 0 Å². The molecule has 1 heterocycles. The molecular weight excluding hydrogens is 340 g/mol. The molecule has 0 amide bonds. The van der Waals surface area contributed by atoms with Crippen molar-refractivity contribution >= 4 is 34.8 Å². The highest BCUT2D eigenvalue weighted by molar-refractivity contribution is 6.30. The standard InChI is InChI=1S/C18H17ClN4O2/c1-25-18(24)13-5-2-4-12(8-13)10-20-17-16(11-21-23-17)22-15-7-3-6-14(19)9-15/h2-9,11,22H,10H2,1H3,(H2,20,21,23). The van der Waals surface area contributed by atoms with Crippen LogP contribution in [0.4, 0.5) is 17.2 Å². The van der Waals surface area contributed by atoms with Gasteiger partial charge in [-0.15, -0.1) is 0 Å². The second kappa shape index (κ2) is 7.72. The van der Waals surface area contributed by atoms with Crippen molar-refractivity contribution in [1.82, 2.24) is 10.2 Å². The number of ether oxygens (including phenoxy) is 1. The number of anilines is 3. The van der Waals surface area contributed by atoms with E-state index in [1.54, 1.807) is 18.3 Å². The van der Waals surface area contributed by atoms with Crippen LogP contribution in [0.1, 0.15) is 15.9 Å². The predicted octanol–water partition coefficient (Wildman–Crippen LogP) is 4.21. The lowest BCUT2D eigenvalue weighted by Gasteiger charge is -2.10. The summed E-state index contributed by atoms with van der Waals surface area (Å²) in [5.41, 5.74) is 3.13. The van der Waals surface area contributed by atoms with Gasteiger partial charge in [0.05, 0.1) is 18.9 Å². The summed E-state index contributed by atoms with van der Waals surface area (Å²) >= 11 is 6.00. The fraction of sp³-hybridized carbons (Fsp3) is 0.111. The molecule has 0 bridgehead atoms. The van der Waals surface area contributed by atoms with Gasteiger partial charge in [-0.05, 0) is 35.9 Å². The Morgan fingerprint density at radius 2 is 2.08 bits per heavy atom. The van der Waals surface area contributed by atoms with E-state index in [-0.39, 0.29) is 5.97 Å². The Morgan fingerprint density at radius 3 is 2.88 bits per heavy atom. The highest BCUT2D eigenvalue weighted by Crippen LogP contribution is 2.25. The van der Waals surface area contributed by atoms with Gasteiger partial charge in [0.2, 0.25) is 0 Å². The molecule has 0 aliphatic rings. The molecular formula is C18H17ClN4O2. The van der Waals surface area contributed by atoms with E-state index >= 15 is 0 Å². The van der Waals surface area contributed by atoms with Crippen molar-refractivity contribution in [3.05, 3.63) is 70.9 Å². The topological polar surface area (TPSA) is 79.0 Å². The first-order chi connectivity index (χ1) is 12.2. The summed E-state index contributed by atoms with van der Waals surface area (Å²) in [7, 11) is 1.37. The van der Waals surface area contributed by atoms with E-state index in [0.717, 1.165) is 22.8 Å². The predicted molar refractivity (Wildman–Crippen MR) is 98.4 cm³/mol. The minimum Gasteiger partial charge on any atom is -0.465 e. The van der Waals surface area contributed by atoms with Gasteiger partial charge in [-0.2, -0.15) is 5.10 Å². The number of hydrogen-bond acceptors (Lipinski definition) is 5. The zero-order valence-corrected chi connectivity index (χ0v) is 14.3. The summed E-state index contributed by atoms with van der Waals surface area (Å²) < 4.78 is 4.74. The second-order valence-corrected chi connectivity index (χ2v) is 5.78. The molecule has 6 nitrogen and oxygen atoms in total. The van der Waals surface area contributed by atoms with Crippen LogP contribution in [0.25, 0.3) is 0 Å². The van der Waals surface area contributed by atoms with E-state index in [1.165, 1.54) is 7.11 Å². The number of benzene rings is 2. The first-order valence-corrected chi connectivity index (χ1v) is 8.00. The molecule has 128 valence electrons. The van der Waals surface area contributed by atoms with Crippen molar-refractivity contribution in [3.8, 4) is 0 Å². The Labute approximate surface area is 150 Å². The molecule has 1 aromatic heterocycles. The van der Waals surface area contributed by atoms with E-state index in [9.17, 15) is 4.79 Å². The summed E-state index contributed by atoms with van der Waals surface area (Å²) in [5, 5.41) is 14.1. The number of nitrogens with one attached hydrogen (secondary N) is 3. The number of H-pyrrole nitrogens is 1. The molecule has 0 aliphatic carbocycles. The van der Waals surface area contributed by atoms with Crippen molar-refractivity contribution in [2.24, 2.45) is 0 Å². The van der Waals surface area contributed by atoms with Crippen molar-refractivity contribution in [2.45, 2.75) is 6.54 Å². The maximum atomic E-state index is 11.6. The summed E-state index contributed by atoms with van der Waals surface area (Å²) in [5.74, 6) is 0.384. The normalized spacial score (nSPS) is 10.3. The Hall–Kier alpha value is -2.99. The average Bonchev–Trinajstić information content (AvgIpc) is 3.06. The van der Waals surface area contributed by atoms with Crippen molar-refractivity contribution in [3.63, 3.8) is 0 Å². The van der Waals surface area contributed by atoms with Crippen molar-refractivity contribution in [1.29, 1.82) is 0 Å². The van der Waals surface area contributed by atoms with Crippen LogP contribution in [0.15, 0.2) is 54.7 Å². The SMILES string of the molecule is COC(=O)c1cccc(CNc2[nH]ncc2Nc2cccc(Cl)c2)c1. The van der Waals surface area contributed by atoms with Crippen LogP contribution in [0.3, 0.4) is 0 Å². The van der Waals surface area contributed by atoms with Gasteiger partial charge in [-0.25, -0.2) is 4.79 Å². The molecule has 0 aliphatic heterocycles. The molecule has 3 aromatic rings. The Morgan fingerprint density at radius 1 is 1.24 bits per heavy atom. The number of methoxy groups -OCH3 is 1. The van der Waals surface area contributed by atoms with Gasteiger partial charge in [0.1, 0.15) is 11.5 Å². The Bertz CT molecular complexity index is 879. The zero-order valence-electron chi connectivity index (χ0n) is 13.5. The fourth-order valence-corrected chi connectivity index (χ4v) is 2.54. The number of carbonyl (C=O) groups excluding carboxylic acids is 1. The Kier molecular flexibility index (Phi) is 5.20. The van der Waals surface area contributed by atoms with E-state index in [2.05, 4.69) is 20.8 Å². The highest BCUT2D eigenvalue weighted by atomic mass is 35.5. The van der Waals surface area contributed by atoms with Gasteiger partial charge in [0.15, 0.2) is 0 Å². The number of hydrogen-bond donors (Lipinski definition) is 3. The van der Waals surface area contributed by atoms with E-state index in [4.69, 9.17) is 16.3 Å². The molecule has 0 saturated carbocycles. The van der Waals surface area contributed by atoms with Crippen molar-refractivity contribution in [2.75, 3.05) is 17.7 Å². The van der Waals surface area contributed by atoms with Crippen LogP contribution in [-0.4, -0.2) is 23.3 Å². The van der Waals surface area contributed by atoms with Crippen molar-refractivity contribution < 1.29 is 9.53 Å². The number of carbonyl (C=O) groups is 1. The third-order valence-corrected chi connectivity index (χ3v) is 3.80. The zero-order chi connectivity index (χ0) is 17.6. The molecule has 25 heavy (non-hydrogen) atoms. The molecule has 0 unspecified atom stereocenters. The van der Waals surface area contributed by atoms with Gasteiger partial charge in [-0.3, -0.25) is 5.10 Å². The molecule has 7 heteroatoms. The lowest BCUT2D eigenvalue weighted by atomic mass is 10.1. The van der Waals surface area contributed by atoms with Crippen LogP contribution >= 0.6 is 11.6 Å². The monoisotopic (exact) mass is 356 g/mol. The maximum Gasteiger partial charge on any atom is 0.337 e. The van der Waals surface area contributed by atoms with Crippen LogP contribution in [0.2, 0.25) is 5.02 Å². The number of aromatic nitrogens is 2. The summed E-state index contributed by atoms with van der Waals surface area (Å²) in [6, 6.07) is 14.7. The molecule has 0 saturated heterocycles. The maximum absolute atomic E-state index is 11.6. The summed E-state index contributed by atoms with van der Waals surface area (Å²) in [4.78, 5) is 11.6. The van der Waals surface area contributed by atoms with Gasteiger partial charge in [-0.1, -0.05) is 29.8 Å². The van der Waals surface area contributed by atoms with Gasteiger partial charge >= 0.3 is 5.97 Å². The quantitative estimate of drug-likeness (QED) is 0.577. The molecule has 0 radical (unpaired) electrons. The Balaban J connectivity index is 1.69. The van der Waals surface area contributed by atoms with E-state index in [0.29, 0.717) is 17.1 Å².